The molecule has 1 amide bonds. The highest BCUT2D eigenvalue weighted by Crippen LogP contribution is 2.61. The van der Waals surface area contributed by atoms with Crippen LogP contribution in [-0.4, -0.2) is 31.1 Å². The molecule has 4 aliphatic rings. The first-order valence-electron chi connectivity index (χ1n) is 10.1. The van der Waals surface area contributed by atoms with Gasteiger partial charge in [0, 0.05) is 12.1 Å². The Kier molecular flexibility index (Phi) is 4.71. The minimum Gasteiger partial charge on any atom is -0.493 e. The van der Waals surface area contributed by atoms with Crippen LogP contribution in [0.5, 0.6) is 11.5 Å². The molecule has 0 heterocycles. The quantitative estimate of drug-likeness (QED) is 0.589. The molecule has 5 rings (SSSR count). The average molecular weight is 388 g/mol. The summed E-state index contributed by atoms with van der Waals surface area (Å²) in [6, 6.07) is 2.64. The Morgan fingerprint density at radius 1 is 1.11 bits per heavy atom. The molecule has 7 heteroatoms. The first-order chi connectivity index (χ1) is 13.3. The van der Waals surface area contributed by atoms with Crippen molar-refractivity contribution in [1.82, 2.24) is 5.32 Å². The summed E-state index contributed by atoms with van der Waals surface area (Å²) in [6.45, 7) is 2.07. The summed E-state index contributed by atoms with van der Waals surface area (Å²) in [5, 5.41) is 14.6. The van der Waals surface area contributed by atoms with Crippen molar-refractivity contribution in [3.8, 4) is 11.5 Å². The van der Waals surface area contributed by atoms with Crippen molar-refractivity contribution in [1.29, 1.82) is 0 Å². The van der Waals surface area contributed by atoms with E-state index in [4.69, 9.17) is 9.47 Å². The first-order valence-corrected chi connectivity index (χ1v) is 10.1. The zero-order chi connectivity index (χ0) is 20.1. The van der Waals surface area contributed by atoms with E-state index in [1.54, 1.807) is 0 Å². The van der Waals surface area contributed by atoms with E-state index >= 15 is 0 Å². The first kappa shape index (κ1) is 19.0. The monoisotopic (exact) mass is 388 g/mol. The molecule has 4 aliphatic carbocycles. The highest BCUT2D eigenvalue weighted by Gasteiger charge is 2.53. The van der Waals surface area contributed by atoms with Crippen molar-refractivity contribution < 1.29 is 19.2 Å². The molecule has 1 aromatic rings. The van der Waals surface area contributed by atoms with E-state index in [1.165, 1.54) is 45.6 Å². The second-order valence-electron chi connectivity index (χ2n) is 8.96. The number of nitrogens with zero attached hydrogens (tertiary/aromatic N) is 1. The van der Waals surface area contributed by atoms with E-state index in [-0.39, 0.29) is 28.5 Å². The maximum atomic E-state index is 13.0. The lowest BCUT2D eigenvalue weighted by Crippen LogP contribution is -2.55. The van der Waals surface area contributed by atoms with Crippen LogP contribution in [0.25, 0.3) is 0 Å². The Labute approximate surface area is 164 Å². The fraction of sp³-hybridized carbons (Fsp3) is 0.667. The normalized spacial score (nSPS) is 31.3. The fourth-order valence-electron chi connectivity index (χ4n) is 6.34. The summed E-state index contributed by atoms with van der Waals surface area (Å²) in [7, 11) is 2.86. The molecule has 0 unspecified atom stereocenters. The summed E-state index contributed by atoms with van der Waals surface area (Å²) in [4.78, 5) is 24.0. The number of ether oxygens (including phenoxy) is 2. The van der Waals surface area contributed by atoms with Crippen LogP contribution in [0.2, 0.25) is 0 Å². The lowest BCUT2D eigenvalue weighted by atomic mass is 9.48. The van der Waals surface area contributed by atoms with Crippen LogP contribution in [0, 0.1) is 33.3 Å². The molecular formula is C21H28N2O5. The standard InChI is InChI=1S/C21H28N2O5/c1-12(21-9-13-4-14(10-21)6-15(5-13)11-21)22-20(24)16-7-18(27-2)19(28-3)8-17(16)23(25)26/h7-8,12-15H,4-6,9-11H2,1-3H3,(H,22,24)/t12-,13?,14?,15?,21?/m1/s1. The van der Waals surface area contributed by atoms with Gasteiger partial charge in [0.05, 0.1) is 25.2 Å². The second kappa shape index (κ2) is 6.94. The summed E-state index contributed by atoms with van der Waals surface area (Å²) >= 11 is 0. The van der Waals surface area contributed by atoms with Gasteiger partial charge in [-0.1, -0.05) is 0 Å². The predicted octanol–water partition coefficient (Wildman–Crippen LogP) is 3.95. The van der Waals surface area contributed by atoms with Crippen molar-refractivity contribution in [2.75, 3.05) is 14.2 Å². The lowest BCUT2D eigenvalue weighted by Gasteiger charge is -2.59. The van der Waals surface area contributed by atoms with E-state index in [1.807, 2.05) is 0 Å². The van der Waals surface area contributed by atoms with Gasteiger partial charge in [-0.3, -0.25) is 14.9 Å². The number of methoxy groups -OCH3 is 2. The van der Waals surface area contributed by atoms with Crippen molar-refractivity contribution in [3.05, 3.63) is 27.8 Å². The van der Waals surface area contributed by atoms with Crippen molar-refractivity contribution in [2.24, 2.45) is 23.2 Å². The third kappa shape index (κ3) is 3.10. The molecule has 1 N–H and O–H groups in total. The Morgan fingerprint density at radius 2 is 1.61 bits per heavy atom. The Morgan fingerprint density at radius 3 is 2.07 bits per heavy atom. The van der Waals surface area contributed by atoms with Gasteiger partial charge >= 0.3 is 0 Å². The van der Waals surface area contributed by atoms with Crippen LogP contribution in [0.4, 0.5) is 5.69 Å². The topological polar surface area (TPSA) is 90.7 Å². The third-order valence-corrected chi connectivity index (χ3v) is 7.29. The van der Waals surface area contributed by atoms with Crippen LogP contribution < -0.4 is 14.8 Å². The molecule has 0 aliphatic heterocycles. The molecular weight excluding hydrogens is 360 g/mol. The van der Waals surface area contributed by atoms with E-state index in [2.05, 4.69) is 12.2 Å². The van der Waals surface area contributed by atoms with Gasteiger partial charge in [-0.05, 0) is 68.6 Å². The summed E-state index contributed by atoms with van der Waals surface area (Å²) in [5.41, 5.74) is -0.123. The van der Waals surface area contributed by atoms with Gasteiger partial charge in [0.2, 0.25) is 0 Å². The maximum absolute atomic E-state index is 13.0. The zero-order valence-corrected chi connectivity index (χ0v) is 16.7. The Balaban J connectivity index is 1.59. The van der Waals surface area contributed by atoms with Crippen LogP contribution >= 0.6 is 0 Å². The third-order valence-electron chi connectivity index (χ3n) is 7.29. The van der Waals surface area contributed by atoms with Gasteiger partial charge in [0.1, 0.15) is 5.56 Å². The highest BCUT2D eigenvalue weighted by molar-refractivity contribution is 5.99. The minimum atomic E-state index is -0.549. The number of carbonyl (C=O) groups is 1. The maximum Gasteiger partial charge on any atom is 0.286 e. The average Bonchev–Trinajstić information content (AvgIpc) is 2.65. The van der Waals surface area contributed by atoms with Crippen molar-refractivity contribution >= 4 is 11.6 Å². The predicted molar refractivity (Wildman–Crippen MR) is 104 cm³/mol. The largest absolute Gasteiger partial charge is 0.493 e. The van der Waals surface area contributed by atoms with E-state index < -0.39 is 10.8 Å². The number of benzene rings is 1. The van der Waals surface area contributed by atoms with Gasteiger partial charge < -0.3 is 14.8 Å². The van der Waals surface area contributed by atoms with Gasteiger partial charge in [-0.15, -0.1) is 0 Å². The lowest BCUT2D eigenvalue weighted by molar-refractivity contribution is -0.385. The smallest absolute Gasteiger partial charge is 0.286 e. The van der Waals surface area contributed by atoms with Crippen molar-refractivity contribution in [3.63, 3.8) is 0 Å². The number of nitro benzene ring substituents is 1. The number of rotatable bonds is 6. The van der Waals surface area contributed by atoms with Crippen LogP contribution in [0.15, 0.2) is 12.1 Å². The number of hydrogen-bond acceptors (Lipinski definition) is 5. The van der Waals surface area contributed by atoms with E-state index in [0.717, 1.165) is 37.0 Å². The molecule has 4 fully saturated rings. The van der Waals surface area contributed by atoms with Crippen LogP contribution in [0.3, 0.4) is 0 Å². The number of nitro groups is 1. The molecule has 28 heavy (non-hydrogen) atoms. The summed E-state index contributed by atoms with van der Waals surface area (Å²) in [6.07, 6.45) is 7.49. The van der Waals surface area contributed by atoms with Crippen molar-refractivity contribution in [2.45, 2.75) is 51.5 Å². The van der Waals surface area contributed by atoms with Crippen LogP contribution in [-0.2, 0) is 0 Å². The van der Waals surface area contributed by atoms with E-state index in [9.17, 15) is 14.9 Å². The molecule has 152 valence electrons. The SMILES string of the molecule is COc1cc(C(=O)N[C@H](C)C23CC4CC(CC(C4)C2)C3)c([N+](=O)[O-])cc1OC. The Bertz CT molecular complexity index is 771. The molecule has 4 bridgehead atoms. The fourth-order valence-corrected chi connectivity index (χ4v) is 6.34. The summed E-state index contributed by atoms with van der Waals surface area (Å²) < 4.78 is 10.4. The number of amides is 1. The molecule has 7 nitrogen and oxygen atoms in total. The number of hydrogen-bond donors (Lipinski definition) is 1. The molecule has 1 atom stereocenters. The molecule has 1 aromatic carbocycles. The van der Waals surface area contributed by atoms with Gasteiger partial charge in [-0.25, -0.2) is 0 Å². The zero-order valence-electron chi connectivity index (χ0n) is 16.7. The van der Waals surface area contributed by atoms with E-state index in [0.29, 0.717) is 5.75 Å². The van der Waals surface area contributed by atoms with Gasteiger partial charge in [-0.2, -0.15) is 0 Å². The number of nitrogens with one attached hydrogen (secondary N) is 1. The summed E-state index contributed by atoms with van der Waals surface area (Å²) in [5.74, 6) is 2.46. The minimum absolute atomic E-state index is 0.0129. The second-order valence-corrected chi connectivity index (χ2v) is 8.96. The molecule has 0 spiro atoms. The van der Waals surface area contributed by atoms with Gasteiger partial charge in [0.15, 0.2) is 11.5 Å². The van der Waals surface area contributed by atoms with Gasteiger partial charge in [0.25, 0.3) is 11.6 Å². The number of carbonyl (C=O) groups excluding carboxylic acids is 1. The molecule has 4 saturated carbocycles. The molecule has 0 aromatic heterocycles. The highest BCUT2D eigenvalue weighted by atomic mass is 16.6. The molecule has 0 radical (unpaired) electrons. The molecule has 0 saturated heterocycles. The van der Waals surface area contributed by atoms with Crippen LogP contribution in [0.1, 0.15) is 55.8 Å². The Hall–Kier alpha value is -2.31.